The number of hydrogen-bond acceptors (Lipinski definition) is 2. The van der Waals surface area contributed by atoms with Gasteiger partial charge in [-0.3, -0.25) is 4.79 Å². The molecule has 1 unspecified atom stereocenters. The summed E-state index contributed by atoms with van der Waals surface area (Å²) in [5.41, 5.74) is 6.94. The van der Waals surface area contributed by atoms with Crippen molar-refractivity contribution >= 4 is 5.91 Å². The number of carbonyl (C=O) groups is 1. The molecule has 1 aromatic rings. The third kappa shape index (κ3) is 4.39. The van der Waals surface area contributed by atoms with Crippen molar-refractivity contribution in [1.29, 1.82) is 0 Å². The van der Waals surface area contributed by atoms with E-state index in [-0.39, 0.29) is 23.5 Å². The Morgan fingerprint density at radius 3 is 2.50 bits per heavy atom. The minimum absolute atomic E-state index is 0.201. The van der Waals surface area contributed by atoms with E-state index in [0.717, 1.165) is 5.56 Å². The van der Waals surface area contributed by atoms with Crippen LogP contribution >= 0.6 is 0 Å². The van der Waals surface area contributed by atoms with E-state index in [1.54, 1.807) is 30.4 Å². The highest BCUT2D eigenvalue weighted by atomic mass is 19.1. The Hall–Kier alpha value is -2.36. The van der Waals surface area contributed by atoms with E-state index in [2.05, 4.69) is 11.9 Å². The van der Waals surface area contributed by atoms with E-state index in [4.69, 9.17) is 5.73 Å². The largest absolute Gasteiger partial charge is 0.399 e. The van der Waals surface area contributed by atoms with E-state index in [0.29, 0.717) is 5.57 Å². The molecule has 1 atom stereocenters. The second-order valence-corrected chi connectivity index (χ2v) is 4.38. The van der Waals surface area contributed by atoms with Crippen molar-refractivity contribution in [3.05, 3.63) is 71.7 Å². The van der Waals surface area contributed by atoms with Crippen LogP contribution in [0.25, 0.3) is 0 Å². The fourth-order valence-electron chi connectivity index (χ4n) is 1.63. The molecule has 0 radical (unpaired) electrons. The lowest BCUT2D eigenvalue weighted by molar-refractivity contribution is -0.117. The molecule has 1 amide bonds. The van der Waals surface area contributed by atoms with Crippen LogP contribution < -0.4 is 11.1 Å². The molecule has 4 heteroatoms. The molecule has 0 heterocycles. The molecule has 1 aromatic carbocycles. The molecule has 0 spiro atoms. The molecule has 0 aliphatic rings. The smallest absolute Gasteiger partial charge is 0.253 e. The average Bonchev–Trinajstić information content (AvgIpc) is 2.39. The van der Waals surface area contributed by atoms with Gasteiger partial charge in [-0.25, -0.2) is 4.39 Å². The number of rotatable bonds is 5. The minimum atomic E-state index is -0.313. The number of nitrogens with two attached hydrogens (primary N) is 1. The number of amides is 1. The van der Waals surface area contributed by atoms with Crippen LogP contribution in [0.4, 0.5) is 4.39 Å². The highest BCUT2D eigenvalue weighted by Gasteiger charge is 2.14. The molecule has 0 aromatic heterocycles. The Kier molecular flexibility index (Phi) is 5.72. The number of hydrogen-bond donors (Lipinski definition) is 2. The molecule has 0 aliphatic heterocycles. The summed E-state index contributed by atoms with van der Waals surface area (Å²) in [5, 5.41) is 2.80. The van der Waals surface area contributed by atoms with E-state index >= 15 is 0 Å². The van der Waals surface area contributed by atoms with Gasteiger partial charge in [-0.1, -0.05) is 30.9 Å². The molecule has 3 nitrogen and oxygen atoms in total. The lowest BCUT2D eigenvalue weighted by Gasteiger charge is -2.15. The summed E-state index contributed by atoms with van der Waals surface area (Å²) in [6.45, 7) is 7.24. The van der Waals surface area contributed by atoms with E-state index in [1.165, 1.54) is 12.1 Å². The predicted octanol–water partition coefficient (Wildman–Crippen LogP) is 2.98. The van der Waals surface area contributed by atoms with Gasteiger partial charge in [-0.2, -0.15) is 0 Å². The number of allylic oxidation sites excluding steroid dienone is 3. The quantitative estimate of drug-likeness (QED) is 0.640. The standard InChI is InChI=1S/C16H19FN2O/c1-4-5-6-15(11(2)18)16(20)19-12(3)13-7-9-14(17)10-8-13/h4-10,12H,2,18H2,1,3H3,(H,19,20)/b5-4-,15-6+. The van der Waals surface area contributed by atoms with Gasteiger partial charge in [0.2, 0.25) is 0 Å². The van der Waals surface area contributed by atoms with Crippen LogP contribution in [0.2, 0.25) is 0 Å². The second-order valence-electron chi connectivity index (χ2n) is 4.38. The summed E-state index contributed by atoms with van der Waals surface area (Å²) < 4.78 is 12.9. The Balaban J connectivity index is 2.83. The summed E-state index contributed by atoms with van der Waals surface area (Å²) in [6, 6.07) is 5.73. The maximum absolute atomic E-state index is 12.9. The number of carbonyl (C=O) groups excluding carboxylic acids is 1. The average molecular weight is 274 g/mol. The van der Waals surface area contributed by atoms with Gasteiger partial charge < -0.3 is 11.1 Å². The van der Waals surface area contributed by atoms with Crippen LogP contribution in [0.3, 0.4) is 0 Å². The van der Waals surface area contributed by atoms with Crippen LogP contribution in [-0.4, -0.2) is 5.91 Å². The Morgan fingerprint density at radius 2 is 2.00 bits per heavy atom. The Bertz CT molecular complexity index is 544. The summed E-state index contributed by atoms with van der Waals surface area (Å²) in [5.74, 6) is -0.622. The van der Waals surface area contributed by atoms with E-state index in [1.807, 2.05) is 13.8 Å². The van der Waals surface area contributed by atoms with Gasteiger partial charge in [-0.05, 0) is 37.6 Å². The first-order valence-corrected chi connectivity index (χ1v) is 6.29. The van der Waals surface area contributed by atoms with Gasteiger partial charge in [0, 0.05) is 5.70 Å². The maximum atomic E-state index is 12.9. The number of halogens is 1. The zero-order valence-corrected chi connectivity index (χ0v) is 11.7. The Morgan fingerprint density at radius 1 is 1.40 bits per heavy atom. The predicted molar refractivity (Wildman–Crippen MR) is 79.2 cm³/mol. The van der Waals surface area contributed by atoms with Crippen molar-refractivity contribution in [3.63, 3.8) is 0 Å². The van der Waals surface area contributed by atoms with Gasteiger partial charge in [0.25, 0.3) is 5.91 Å². The maximum Gasteiger partial charge on any atom is 0.253 e. The van der Waals surface area contributed by atoms with Gasteiger partial charge in [0.15, 0.2) is 0 Å². The van der Waals surface area contributed by atoms with Crippen molar-refractivity contribution in [2.75, 3.05) is 0 Å². The fourth-order valence-corrected chi connectivity index (χ4v) is 1.63. The highest BCUT2D eigenvalue weighted by Crippen LogP contribution is 2.14. The van der Waals surface area contributed by atoms with Gasteiger partial charge in [0.05, 0.1) is 11.6 Å². The van der Waals surface area contributed by atoms with Crippen LogP contribution in [0.15, 0.2) is 60.3 Å². The first-order chi connectivity index (χ1) is 9.45. The lowest BCUT2D eigenvalue weighted by atomic mass is 10.1. The zero-order valence-electron chi connectivity index (χ0n) is 11.7. The molecule has 0 saturated heterocycles. The SMILES string of the molecule is C=C(N)/C(=C\C=C/C)C(=O)NC(C)c1ccc(F)cc1. The van der Waals surface area contributed by atoms with Crippen LogP contribution in [0, 0.1) is 5.82 Å². The second kappa shape index (κ2) is 7.28. The first-order valence-electron chi connectivity index (χ1n) is 6.29. The molecular formula is C16H19FN2O. The lowest BCUT2D eigenvalue weighted by Crippen LogP contribution is -2.29. The zero-order chi connectivity index (χ0) is 15.1. The first kappa shape index (κ1) is 15.7. The van der Waals surface area contributed by atoms with Crippen molar-refractivity contribution in [1.82, 2.24) is 5.32 Å². The Labute approximate surface area is 118 Å². The van der Waals surface area contributed by atoms with E-state index in [9.17, 15) is 9.18 Å². The van der Waals surface area contributed by atoms with Crippen molar-refractivity contribution in [2.45, 2.75) is 19.9 Å². The van der Waals surface area contributed by atoms with Crippen molar-refractivity contribution < 1.29 is 9.18 Å². The van der Waals surface area contributed by atoms with Gasteiger partial charge in [-0.15, -0.1) is 0 Å². The van der Waals surface area contributed by atoms with Crippen LogP contribution in [0.5, 0.6) is 0 Å². The molecule has 1 rings (SSSR count). The molecule has 20 heavy (non-hydrogen) atoms. The third-order valence-corrected chi connectivity index (χ3v) is 2.76. The van der Waals surface area contributed by atoms with Gasteiger partial charge >= 0.3 is 0 Å². The number of nitrogens with one attached hydrogen (secondary N) is 1. The topological polar surface area (TPSA) is 55.1 Å². The molecule has 0 aliphatic carbocycles. The monoisotopic (exact) mass is 274 g/mol. The van der Waals surface area contributed by atoms with Crippen molar-refractivity contribution in [2.24, 2.45) is 5.73 Å². The van der Waals surface area contributed by atoms with Gasteiger partial charge in [0.1, 0.15) is 5.82 Å². The van der Waals surface area contributed by atoms with Crippen LogP contribution in [-0.2, 0) is 4.79 Å². The summed E-state index contributed by atoms with van der Waals surface area (Å²) in [7, 11) is 0. The summed E-state index contributed by atoms with van der Waals surface area (Å²) in [6.07, 6.45) is 5.12. The summed E-state index contributed by atoms with van der Waals surface area (Å²) in [4.78, 5) is 12.1. The molecule has 0 bridgehead atoms. The van der Waals surface area contributed by atoms with Crippen molar-refractivity contribution in [3.8, 4) is 0 Å². The third-order valence-electron chi connectivity index (χ3n) is 2.76. The molecular weight excluding hydrogens is 255 g/mol. The van der Waals surface area contributed by atoms with E-state index < -0.39 is 0 Å². The number of benzene rings is 1. The molecule has 106 valence electrons. The minimum Gasteiger partial charge on any atom is -0.399 e. The molecule has 3 N–H and O–H groups in total. The van der Waals surface area contributed by atoms with Crippen LogP contribution in [0.1, 0.15) is 25.5 Å². The molecule has 0 fully saturated rings. The molecule has 0 saturated carbocycles. The fraction of sp³-hybridized carbons (Fsp3) is 0.188. The summed E-state index contributed by atoms with van der Waals surface area (Å²) >= 11 is 0. The normalized spacial score (nSPS) is 13.2. The highest BCUT2D eigenvalue weighted by molar-refractivity contribution is 5.97.